The molecule has 2 nitrogen and oxygen atoms in total. The Kier molecular flexibility index (Phi) is 4.62. The van der Waals surface area contributed by atoms with Crippen LogP contribution in [0, 0.1) is 0 Å². The Morgan fingerprint density at radius 3 is 2.56 bits per heavy atom. The van der Waals surface area contributed by atoms with Gasteiger partial charge in [-0.3, -0.25) is 0 Å². The van der Waals surface area contributed by atoms with Gasteiger partial charge in [0.15, 0.2) is 0 Å². The summed E-state index contributed by atoms with van der Waals surface area (Å²) in [5.74, 6) is 0. The fourth-order valence-corrected chi connectivity index (χ4v) is 0.649. The van der Waals surface area contributed by atoms with Gasteiger partial charge in [-0.2, -0.15) is 0 Å². The van der Waals surface area contributed by atoms with Gasteiger partial charge in [-0.15, -0.1) is 12.6 Å². The molecule has 0 saturated heterocycles. The molecule has 0 radical (unpaired) electrons. The van der Waals surface area contributed by atoms with E-state index in [9.17, 15) is 0 Å². The molecular weight excluding hydrogens is 134 g/mol. The van der Waals surface area contributed by atoms with Crippen molar-refractivity contribution in [3.8, 4) is 0 Å². The molecule has 0 aliphatic carbocycles. The molecule has 0 aliphatic rings. The van der Waals surface area contributed by atoms with Crippen LogP contribution in [0.5, 0.6) is 0 Å². The van der Waals surface area contributed by atoms with Crippen molar-refractivity contribution in [2.45, 2.75) is 13.3 Å². The summed E-state index contributed by atoms with van der Waals surface area (Å²) in [4.78, 5) is 0.917. The summed E-state index contributed by atoms with van der Waals surface area (Å²) < 4.78 is 0. The van der Waals surface area contributed by atoms with Crippen molar-refractivity contribution in [3.05, 3.63) is 10.6 Å². The lowest BCUT2D eigenvalue weighted by Crippen LogP contribution is -2.04. The Balaban J connectivity index is 3.78. The Morgan fingerprint density at radius 1 is 1.67 bits per heavy atom. The Hall–Kier alpha value is -0.150. The fraction of sp³-hybridized carbons (Fsp3) is 0.667. The largest absolute Gasteiger partial charge is 0.396 e. The summed E-state index contributed by atoms with van der Waals surface area (Å²) in [6.07, 6.45) is 0.635. The van der Waals surface area contributed by atoms with E-state index in [1.165, 1.54) is 0 Å². The number of hydrogen-bond donors (Lipinski definition) is 3. The molecule has 0 aromatic carbocycles. The van der Waals surface area contributed by atoms with Crippen LogP contribution in [0.4, 0.5) is 0 Å². The molecule has 0 heterocycles. The third-order valence-corrected chi connectivity index (χ3v) is 1.72. The highest BCUT2D eigenvalue weighted by molar-refractivity contribution is 7.84. The SMILES string of the molecule is CN/C(C)=C(\S)CCO. The smallest absolute Gasteiger partial charge is 0.0477 e. The van der Waals surface area contributed by atoms with Gasteiger partial charge in [0.05, 0.1) is 0 Å². The number of allylic oxidation sites excluding steroid dienone is 1. The van der Waals surface area contributed by atoms with E-state index in [2.05, 4.69) is 17.9 Å². The average Bonchev–Trinajstić information content (AvgIpc) is 1.87. The van der Waals surface area contributed by atoms with E-state index in [0.29, 0.717) is 6.42 Å². The molecule has 0 aliphatic heterocycles. The van der Waals surface area contributed by atoms with Gasteiger partial charge in [0, 0.05) is 30.7 Å². The quantitative estimate of drug-likeness (QED) is 0.515. The van der Waals surface area contributed by atoms with Gasteiger partial charge in [0.1, 0.15) is 0 Å². The van der Waals surface area contributed by atoms with Crippen LogP contribution in [0.25, 0.3) is 0 Å². The summed E-state index contributed by atoms with van der Waals surface area (Å²) >= 11 is 4.14. The lowest BCUT2D eigenvalue weighted by molar-refractivity contribution is 0.301. The minimum Gasteiger partial charge on any atom is -0.396 e. The molecular formula is C6H13NOS. The molecule has 0 unspecified atom stereocenters. The first-order valence-corrected chi connectivity index (χ1v) is 3.34. The Morgan fingerprint density at radius 2 is 2.22 bits per heavy atom. The van der Waals surface area contributed by atoms with Crippen LogP contribution < -0.4 is 5.32 Å². The molecule has 54 valence electrons. The summed E-state index contributed by atoms with van der Waals surface area (Å²) in [6.45, 7) is 2.09. The van der Waals surface area contributed by atoms with Crippen LogP contribution in [-0.2, 0) is 0 Å². The Labute approximate surface area is 61.4 Å². The zero-order chi connectivity index (χ0) is 7.28. The van der Waals surface area contributed by atoms with Crippen molar-refractivity contribution < 1.29 is 5.11 Å². The maximum absolute atomic E-state index is 8.47. The second-order valence-electron chi connectivity index (χ2n) is 1.80. The highest BCUT2D eigenvalue weighted by Crippen LogP contribution is 2.08. The Bertz CT molecular complexity index is 112. The second kappa shape index (κ2) is 4.70. The average molecular weight is 147 g/mol. The third kappa shape index (κ3) is 3.43. The molecule has 0 aromatic rings. The van der Waals surface area contributed by atoms with Crippen molar-refractivity contribution in [1.29, 1.82) is 0 Å². The van der Waals surface area contributed by atoms with Crippen LogP contribution in [-0.4, -0.2) is 18.8 Å². The number of thiol groups is 1. The van der Waals surface area contributed by atoms with E-state index in [-0.39, 0.29) is 6.61 Å². The van der Waals surface area contributed by atoms with Crippen LogP contribution in [0.2, 0.25) is 0 Å². The molecule has 0 amide bonds. The highest BCUT2D eigenvalue weighted by Gasteiger charge is 1.92. The molecule has 0 fully saturated rings. The number of aliphatic hydroxyl groups is 1. The van der Waals surface area contributed by atoms with Crippen molar-refractivity contribution in [2.75, 3.05) is 13.7 Å². The summed E-state index contributed by atoms with van der Waals surface area (Å²) in [5, 5.41) is 11.4. The van der Waals surface area contributed by atoms with E-state index < -0.39 is 0 Å². The normalized spacial score (nSPS) is 12.9. The first-order chi connectivity index (χ1) is 4.22. The second-order valence-corrected chi connectivity index (χ2v) is 2.34. The minimum absolute atomic E-state index is 0.165. The maximum Gasteiger partial charge on any atom is 0.0477 e. The van der Waals surface area contributed by atoms with E-state index in [4.69, 9.17) is 5.11 Å². The van der Waals surface area contributed by atoms with Crippen LogP contribution in [0.1, 0.15) is 13.3 Å². The zero-order valence-corrected chi connectivity index (χ0v) is 6.70. The maximum atomic E-state index is 8.47. The topological polar surface area (TPSA) is 32.3 Å². The zero-order valence-electron chi connectivity index (χ0n) is 5.81. The first-order valence-electron chi connectivity index (χ1n) is 2.89. The lowest BCUT2D eigenvalue weighted by atomic mass is 10.3. The predicted octanol–water partition coefficient (Wildman–Crippen LogP) is 0.750. The third-order valence-electron chi connectivity index (χ3n) is 1.16. The lowest BCUT2D eigenvalue weighted by Gasteiger charge is -2.02. The molecule has 2 N–H and O–H groups in total. The molecule has 0 saturated carbocycles. The minimum atomic E-state index is 0.165. The molecule has 0 spiro atoms. The number of nitrogens with one attached hydrogen (secondary N) is 1. The van der Waals surface area contributed by atoms with Gasteiger partial charge in [-0.1, -0.05) is 0 Å². The van der Waals surface area contributed by atoms with Crippen LogP contribution in [0.15, 0.2) is 10.6 Å². The molecule has 3 heteroatoms. The summed E-state index contributed by atoms with van der Waals surface area (Å²) in [6, 6.07) is 0. The van der Waals surface area contributed by atoms with Gasteiger partial charge in [0.25, 0.3) is 0 Å². The van der Waals surface area contributed by atoms with Gasteiger partial charge in [-0.25, -0.2) is 0 Å². The molecule has 0 aromatic heterocycles. The van der Waals surface area contributed by atoms with Gasteiger partial charge < -0.3 is 10.4 Å². The summed E-state index contributed by atoms with van der Waals surface area (Å²) in [7, 11) is 1.84. The van der Waals surface area contributed by atoms with Crippen LogP contribution in [0.3, 0.4) is 0 Å². The van der Waals surface area contributed by atoms with Gasteiger partial charge in [-0.05, 0) is 6.92 Å². The summed E-state index contributed by atoms with van der Waals surface area (Å²) in [5.41, 5.74) is 1.02. The standard InChI is InChI=1S/C6H13NOS/c1-5(7-2)6(9)3-4-8/h7-9H,3-4H2,1-2H3/b6-5-. The van der Waals surface area contributed by atoms with Crippen molar-refractivity contribution in [1.82, 2.24) is 5.32 Å². The fourth-order valence-electron chi connectivity index (χ4n) is 0.438. The molecule has 0 bridgehead atoms. The highest BCUT2D eigenvalue weighted by atomic mass is 32.1. The number of hydrogen-bond acceptors (Lipinski definition) is 3. The van der Waals surface area contributed by atoms with Gasteiger partial charge in [0.2, 0.25) is 0 Å². The monoisotopic (exact) mass is 147 g/mol. The van der Waals surface area contributed by atoms with Crippen LogP contribution >= 0.6 is 12.6 Å². The van der Waals surface area contributed by atoms with Gasteiger partial charge >= 0.3 is 0 Å². The van der Waals surface area contributed by atoms with E-state index >= 15 is 0 Å². The van der Waals surface area contributed by atoms with Crippen molar-refractivity contribution >= 4 is 12.6 Å². The number of rotatable bonds is 3. The molecule has 0 atom stereocenters. The van der Waals surface area contributed by atoms with Crippen molar-refractivity contribution in [3.63, 3.8) is 0 Å². The van der Waals surface area contributed by atoms with Crippen molar-refractivity contribution in [2.24, 2.45) is 0 Å². The van der Waals surface area contributed by atoms with E-state index in [0.717, 1.165) is 10.6 Å². The molecule has 0 rings (SSSR count). The van der Waals surface area contributed by atoms with E-state index in [1.54, 1.807) is 0 Å². The predicted molar refractivity (Wildman–Crippen MR) is 42.4 cm³/mol. The first kappa shape index (κ1) is 8.85. The van der Waals surface area contributed by atoms with E-state index in [1.807, 2.05) is 14.0 Å². The molecule has 9 heavy (non-hydrogen) atoms. The number of aliphatic hydroxyl groups excluding tert-OH is 1.